The van der Waals surface area contributed by atoms with Gasteiger partial charge in [-0.25, -0.2) is 4.79 Å². The van der Waals surface area contributed by atoms with Gasteiger partial charge in [0.25, 0.3) is 0 Å². The van der Waals surface area contributed by atoms with E-state index in [0.29, 0.717) is 12.1 Å². The Morgan fingerprint density at radius 1 is 1.29 bits per heavy atom. The molecule has 0 bridgehead atoms. The molecule has 0 saturated heterocycles. The number of esters is 1. The van der Waals surface area contributed by atoms with Gasteiger partial charge in [-0.05, 0) is 36.9 Å². The lowest BCUT2D eigenvalue weighted by Crippen LogP contribution is -2.18. The Morgan fingerprint density at radius 3 is 2.71 bits per heavy atom. The summed E-state index contributed by atoms with van der Waals surface area (Å²) in [5, 5.41) is 0. The molecule has 2 rings (SSSR count). The summed E-state index contributed by atoms with van der Waals surface area (Å²) in [4.78, 5) is 17.7. The van der Waals surface area contributed by atoms with E-state index in [2.05, 4.69) is 14.6 Å². The zero-order valence-electron chi connectivity index (χ0n) is 12.2. The second kappa shape index (κ2) is 6.85. The van der Waals surface area contributed by atoms with Crippen LogP contribution in [-0.2, 0) is 17.8 Å². The molecule has 0 amide bonds. The van der Waals surface area contributed by atoms with Gasteiger partial charge in [0.05, 0.1) is 18.4 Å². The van der Waals surface area contributed by atoms with Crippen molar-refractivity contribution in [3.63, 3.8) is 0 Å². The Hall–Kier alpha value is -2.40. The first-order chi connectivity index (χ1) is 10.1. The average Bonchev–Trinajstić information content (AvgIpc) is 2.47. The van der Waals surface area contributed by atoms with E-state index in [1.807, 2.05) is 37.4 Å². The molecule has 21 heavy (non-hydrogen) atoms. The first-order valence-corrected chi connectivity index (χ1v) is 6.64. The summed E-state index contributed by atoms with van der Waals surface area (Å²) in [5.74, 6) is -0.373. The molecule has 1 aromatic heterocycles. The number of nitrogens with two attached hydrogens (primary N) is 1. The Kier molecular flexibility index (Phi) is 4.90. The van der Waals surface area contributed by atoms with Crippen LogP contribution in [-0.4, -0.2) is 30.0 Å². The summed E-state index contributed by atoms with van der Waals surface area (Å²) in [6, 6.07) is 11.4. The molecular formula is C16H19N3O2. The lowest BCUT2D eigenvalue weighted by Gasteiger charge is -2.16. The topological polar surface area (TPSA) is 68.5 Å². The van der Waals surface area contributed by atoms with Crippen molar-refractivity contribution in [3.05, 3.63) is 59.4 Å². The largest absolute Gasteiger partial charge is 0.465 e. The van der Waals surface area contributed by atoms with Crippen molar-refractivity contribution in [2.24, 2.45) is 0 Å². The van der Waals surface area contributed by atoms with Crippen molar-refractivity contribution < 1.29 is 9.53 Å². The highest BCUT2D eigenvalue weighted by molar-refractivity contribution is 5.88. The van der Waals surface area contributed by atoms with Crippen LogP contribution in [0.4, 0.5) is 5.69 Å². The highest BCUT2D eigenvalue weighted by Gasteiger charge is 2.07. The molecule has 0 spiro atoms. The quantitative estimate of drug-likeness (QED) is 0.673. The summed E-state index contributed by atoms with van der Waals surface area (Å²) in [6.45, 7) is 1.47. The molecule has 2 aromatic rings. The van der Waals surface area contributed by atoms with Crippen LogP contribution < -0.4 is 5.73 Å². The molecule has 0 fully saturated rings. The fourth-order valence-corrected chi connectivity index (χ4v) is 2.09. The van der Waals surface area contributed by atoms with E-state index in [0.717, 1.165) is 23.5 Å². The highest BCUT2D eigenvalue weighted by Crippen LogP contribution is 2.11. The van der Waals surface area contributed by atoms with E-state index in [4.69, 9.17) is 5.73 Å². The zero-order valence-corrected chi connectivity index (χ0v) is 12.2. The number of methoxy groups -OCH3 is 1. The minimum atomic E-state index is -0.373. The van der Waals surface area contributed by atoms with Crippen LogP contribution in [0.15, 0.2) is 42.6 Å². The van der Waals surface area contributed by atoms with Gasteiger partial charge >= 0.3 is 5.97 Å². The zero-order chi connectivity index (χ0) is 15.2. The molecule has 0 aliphatic rings. The van der Waals surface area contributed by atoms with Crippen molar-refractivity contribution in [3.8, 4) is 0 Å². The standard InChI is InChI=1S/C16H19N3O2/c1-19(10-12-4-3-5-14(17)8-12)11-15-7-6-13(9-18-15)16(20)21-2/h3-9H,10-11,17H2,1-2H3. The maximum absolute atomic E-state index is 11.3. The van der Waals surface area contributed by atoms with Crippen LogP contribution in [0.25, 0.3) is 0 Å². The third-order valence-corrected chi connectivity index (χ3v) is 3.08. The van der Waals surface area contributed by atoms with Gasteiger partial charge in [0.2, 0.25) is 0 Å². The van der Waals surface area contributed by atoms with Gasteiger partial charge < -0.3 is 10.5 Å². The van der Waals surface area contributed by atoms with Crippen molar-refractivity contribution >= 4 is 11.7 Å². The monoisotopic (exact) mass is 285 g/mol. The molecule has 0 atom stereocenters. The summed E-state index contributed by atoms with van der Waals surface area (Å²) in [7, 11) is 3.37. The number of rotatable bonds is 5. The Balaban J connectivity index is 1.96. The molecule has 1 heterocycles. The minimum Gasteiger partial charge on any atom is -0.465 e. The molecule has 0 aliphatic carbocycles. The predicted octanol–water partition coefficient (Wildman–Crippen LogP) is 2.08. The number of carbonyl (C=O) groups excluding carboxylic acids is 1. The van der Waals surface area contributed by atoms with Gasteiger partial charge in [0.15, 0.2) is 0 Å². The summed E-state index contributed by atoms with van der Waals surface area (Å²) < 4.78 is 4.65. The number of pyridine rings is 1. The normalized spacial score (nSPS) is 10.6. The summed E-state index contributed by atoms with van der Waals surface area (Å²) in [5.41, 5.74) is 9.05. The van der Waals surface area contributed by atoms with Crippen LogP contribution in [0.1, 0.15) is 21.6 Å². The predicted molar refractivity (Wildman–Crippen MR) is 81.6 cm³/mol. The molecule has 0 radical (unpaired) electrons. The number of hydrogen-bond acceptors (Lipinski definition) is 5. The van der Waals surface area contributed by atoms with Gasteiger partial charge in [0, 0.05) is 25.0 Å². The van der Waals surface area contributed by atoms with Crippen molar-refractivity contribution in [2.45, 2.75) is 13.1 Å². The minimum absolute atomic E-state index is 0.373. The fourth-order valence-electron chi connectivity index (χ4n) is 2.09. The van der Waals surface area contributed by atoms with Gasteiger partial charge in [-0.2, -0.15) is 0 Å². The Labute approximate surface area is 124 Å². The number of benzene rings is 1. The number of carbonyl (C=O) groups is 1. The lowest BCUT2D eigenvalue weighted by molar-refractivity contribution is 0.0600. The number of ether oxygens (including phenoxy) is 1. The van der Waals surface area contributed by atoms with E-state index in [9.17, 15) is 4.79 Å². The molecule has 0 saturated carbocycles. The van der Waals surface area contributed by atoms with Gasteiger partial charge in [-0.1, -0.05) is 12.1 Å². The van der Waals surface area contributed by atoms with Crippen LogP contribution >= 0.6 is 0 Å². The lowest BCUT2D eigenvalue weighted by atomic mass is 10.2. The third-order valence-electron chi connectivity index (χ3n) is 3.08. The molecule has 2 N–H and O–H groups in total. The number of aromatic nitrogens is 1. The summed E-state index contributed by atoms with van der Waals surface area (Å²) in [6.07, 6.45) is 1.54. The van der Waals surface area contributed by atoms with Crippen molar-refractivity contribution in [1.29, 1.82) is 0 Å². The van der Waals surface area contributed by atoms with Crippen molar-refractivity contribution in [1.82, 2.24) is 9.88 Å². The van der Waals surface area contributed by atoms with E-state index < -0.39 is 0 Å². The van der Waals surface area contributed by atoms with Crippen molar-refractivity contribution in [2.75, 3.05) is 19.9 Å². The van der Waals surface area contributed by atoms with Gasteiger partial charge in [-0.3, -0.25) is 9.88 Å². The number of hydrogen-bond donors (Lipinski definition) is 1. The number of anilines is 1. The number of nitrogen functional groups attached to an aromatic ring is 1. The molecule has 0 unspecified atom stereocenters. The first-order valence-electron chi connectivity index (χ1n) is 6.64. The SMILES string of the molecule is COC(=O)c1ccc(CN(C)Cc2cccc(N)c2)nc1. The smallest absolute Gasteiger partial charge is 0.339 e. The van der Waals surface area contributed by atoms with Crippen LogP contribution in [0.2, 0.25) is 0 Å². The first kappa shape index (κ1) is 15.0. The third kappa shape index (κ3) is 4.29. The molecule has 110 valence electrons. The fraction of sp³-hybridized carbons (Fsp3) is 0.250. The molecule has 0 aliphatic heterocycles. The van der Waals surface area contributed by atoms with E-state index in [1.54, 1.807) is 6.07 Å². The Bertz CT molecular complexity index is 611. The second-order valence-electron chi connectivity index (χ2n) is 4.95. The van der Waals surface area contributed by atoms with E-state index >= 15 is 0 Å². The molecule has 5 nitrogen and oxygen atoms in total. The molecular weight excluding hydrogens is 266 g/mol. The molecule has 1 aromatic carbocycles. The summed E-state index contributed by atoms with van der Waals surface area (Å²) >= 11 is 0. The Morgan fingerprint density at radius 2 is 2.10 bits per heavy atom. The maximum atomic E-state index is 11.3. The second-order valence-corrected chi connectivity index (χ2v) is 4.95. The molecule has 5 heteroatoms. The van der Waals surface area contributed by atoms with Gasteiger partial charge in [-0.15, -0.1) is 0 Å². The maximum Gasteiger partial charge on any atom is 0.339 e. The average molecular weight is 285 g/mol. The van der Waals surface area contributed by atoms with E-state index in [-0.39, 0.29) is 5.97 Å². The van der Waals surface area contributed by atoms with Crippen LogP contribution in [0.5, 0.6) is 0 Å². The van der Waals surface area contributed by atoms with Gasteiger partial charge in [0.1, 0.15) is 0 Å². The van der Waals surface area contributed by atoms with E-state index in [1.165, 1.54) is 13.3 Å². The number of nitrogens with zero attached hydrogens (tertiary/aromatic N) is 2. The van der Waals surface area contributed by atoms with Crippen LogP contribution in [0.3, 0.4) is 0 Å². The highest BCUT2D eigenvalue weighted by atomic mass is 16.5. The van der Waals surface area contributed by atoms with Crippen LogP contribution in [0, 0.1) is 0 Å².